The molecule has 2 rings (SSSR count). The monoisotopic (exact) mass is 217 g/mol. The van der Waals surface area contributed by atoms with Crippen molar-refractivity contribution in [2.24, 2.45) is 5.92 Å². The van der Waals surface area contributed by atoms with Crippen molar-refractivity contribution in [3.8, 4) is 0 Å². The highest BCUT2D eigenvalue weighted by molar-refractivity contribution is 5.22. The van der Waals surface area contributed by atoms with Crippen molar-refractivity contribution in [2.75, 3.05) is 6.54 Å². The summed E-state index contributed by atoms with van der Waals surface area (Å²) in [5.41, 5.74) is 2.84. The Morgan fingerprint density at radius 2 is 2.19 bits per heavy atom. The number of hydrogen-bond donors (Lipinski definition) is 1. The van der Waals surface area contributed by atoms with Gasteiger partial charge in [0.15, 0.2) is 0 Å². The van der Waals surface area contributed by atoms with Crippen LogP contribution < -0.4 is 5.32 Å². The van der Waals surface area contributed by atoms with Gasteiger partial charge in [-0.1, -0.05) is 29.8 Å². The fourth-order valence-electron chi connectivity index (χ4n) is 2.04. The van der Waals surface area contributed by atoms with E-state index in [2.05, 4.69) is 43.4 Å². The van der Waals surface area contributed by atoms with Gasteiger partial charge in [-0.15, -0.1) is 0 Å². The third kappa shape index (κ3) is 3.97. The number of nitrogens with one attached hydrogen (secondary N) is 1. The molecule has 1 aliphatic rings. The Morgan fingerprint density at radius 1 is 1.38 bits per heavy atom. The molecule has 1 aliphatic carbocycles. The van der Waals surface area contributed by atoms with E-state index in [0.717, 1.165) is 5.92 Å². The Kier molecular flexibility index (Phi) is 4.00. The second-order valence-corrected chi connectivity index (χ2v) is 5.28. The fraction of sp³-hybridized carbons (Fsp3) is 0.600. The summed E-state index contributed by atoms with van der Waals surface area (Å²) in [5.74, 6) is 0.987. The first-order chi connectivity index (χ1) is 7.74. The van der Waals surface area contributed by atoms with Crippen molar-refractivity contribution >= 4 is 0 Å². The lowest BCUT2D eigenvalue weighted by Crippen LogP contribution is -2.28. The molecule has 0 saturated heterocycles. The van der Waals surface area contributed by atoms with E-state index in [-0.39, 0.29) is 0 Å². The first-order valence-electron chi connectivity index (χ1n) is 6.53. The summed E-state index contributed by atoms with van der Waals surface area (Å²) >= 11 is 0. The number of rotatable bonds is 6. The van der Waals surface area contributed by atoms with Crippen molar-refractivity contribution < 1.29 is 0 Å². The summed E-state index contributed by atoms with van der Waals surface area (Å²) in [4.78, 5) is 0. The zero-order chi connectivity index (χ0) is 11.4. The third-order valence-electron chi connectivity index (χ3n) is 3.40. The average molecular weight is 217 g/mol. The largest absolute Gasteiger partial charge is 0.314 e. The third-order valence-corrected chi connectivity index (χ3v) is 3.40. The van der Waals surface area contributed by atoms with Gasteiger partial charge in [0, 0.05) is 6.04 Å². The van der Waals surface area contributed by atoms with E-state index in [1.165, 1.54) is 43.4 Å². The minimum Gasteiger partial charge on any atom is -0.314 e. The van der Waals surface area contributed by atoms with Crippen LogP contribution in [-0.4, -0.2) is 12.6 Å². The number of benzene rings is 1. The van der Waals surface area contributed by atoms with Crippen LogP contribution in [0.3, 0.4) is 0 Å². The Hall–Kier alpha value is -0.820. The first kappa shape index (κ1) is 11.7. The zero-order valence-corrected chi connectivity index (χ0v) is 10.5. The average Bonchev–Trinajstić information content (AvgIpc) is 3.07. The van der Waals surface area contributed by atoms with Crippen molar-refractivity contribution in [1.82, 2.24) is 5.32 Å². The molecular formula is C15H23N. The Labute approximate surface area is 99.3 Å². The lowest BCUT2D eigenvalue weighted by atomic mass is 10.0. The minimum atomic E-state index is 0.654. The highest BCUT2D eigenvalue weighted by atomic mass is 14.9. The molecule has 1 heteroatoms. The lowest BCUT2D eigenvalue weighted by molar-refractivity contribution is 0.499. The molecule has 1 nitrogen and oxygen atoms in total. The predicted octanol–water partition coefficient (Wildman–Crippen LogP) is 3.32. The van der Waals surface area contributed by atoms with Crippen molar-refractivity contribution in [2.45, 2.75) is 45.6 Å². The second kappa shape index (κ2) is 5.49. The summed E-state index contributed by atoms with van der Waals surface area (Å²) < 4.78 is 0. The molecule has 0 amide bonds. The SMILES string of the molecule is Cc1cccc(CCC(C)NCC2CC2)c1. The van der Waals surface area contributed by atoms with Gasteiger partial charge in [-0.25, -0.2) is 0 Å². The normalized spacial score (nSPS) is 17.4. The molecule has 0 aromatic heterocycles. The summed E-state index contributed by atoms with van der Waals surface area (Å²) in [5, 5.41) is 3.63. The summed E-state index contributed by atoms with van der Waals surface area (Å²) in [7, 11) is 0. The highest BCUT2D eigenvalue weighted by Crippen LogP contribution is 2.27. The second-order valence-electron chi connectivity index (χ2n) is 5.28. The minimum absolute atomic E-state index is 0.654. The molecule has 1 saturated carbocycles. The van der Waals surface area contributed by atoms with E-state index in [4.69, 9.17) is 0 Å². The van der Waals surface area contributed by atoms with Crippen LogP contribution in [0.4, 0.5) is 0 Å². The lowest BCUT2D eigenvalue weighted by Gasteiger charge is -2.13. The van der Waals surface area contributed by atoms with Gasteiger partial charge in [0.1, 0.15) is 0 Å². The van der Waals surface area contributed by atoms with E-state index in [0.29, 0.717) is 6.04 Å². The van der Waals surface area contributed by atoms with Gasteiger partial charge >= 0.3 is 0 Å². The molecule has 1 aromatic carbocycles. The maximum absolute atomic E-state index is 3.63. The Morgan fingerprint density at radius 3 is 2.88 bits per heavy atom. The quantitative estimate of drug-likeness (QED) is 0.771. The van der Waals surface area contributed by atoms with E-state index in [1.807, 2.05) is 0 Å². The Bertz CT molecular complexity index is 328. The number of hydrogen-bond acceptors (Lipinski definition) is 1. The zero-order valence-electron chi connectivity index (χ0n) is 10.5. The van der Waals surface area contributed by atoms with E-state index >= 15 is 0 Å². The van der Waals surface area contributed by atoms with Crippen LogP contribution in [-0.2, 0) is 6.42 Å². The van der Waals surface area contributed by atoms with Gasteiger partial charge in [-0.05, 0) is 57.6 Å². The molecule has 0 bridgehead atoms. The van der Waals surface area contributed by atoms with Crippen LogP contribution in [0, 0.1) is 12.8 Å². The van der Waals surface area contributed by atoms with Crippen LogP contribution in [0.1, 0.15) is 37.3 Å². The molecule has 0 aliphatic heterocycles. The molecule has 88 valence electrons. The van der Waals surface area contributed by atoms with Gasteiger partial charge in [0.05, 0.1) is 0 Å². The molecule has 0 radical (unpaired) electrons. The molecule has 1 atom stereocenters. The van der Waals surface area contributed by atoms with Crippen LogP contribution >= 0.6 is 0 Å². The van der Waals surface area contributed by atoms with Gasteiger partial charge in [0.2, 0.25) is 0 Å². The molecule has 1 N–H and O–H groups in total. The predicted molar refractivity (Wildman–Crippen MR) is 69.7 cm³/mol. The van der Waals surface area contributed by atoms with Gasteiger partial charge in [0.25, 0.3) is 0 Å². The molecule has 16 heavy (non-hydrogen) atoms. The molecule has 1 aromatic rings. The molecule has 1 unspecified atom stereocenters. The summed E-state index contributed by atoms with van der Waals surface area (Å²) in [6, 6.07) is 9.51. The van der Waals surface area contributed by atoms with Gasteiger partial charge in [-0.2, -0.15) is 0 Å². The van der Waals surface area contributed by atoms with Crippen LogP contribution in [0.2, 0.25) is 0 Å². The summed E-state index contributed by atoms with van der Waals surface area (Å²) in [6.45, 7) is 5.70. The topological polar surface area (TPSA) is 12.0 Å². The van der Waals surface area contributed by atoms with Gasteiger partial charge in [-0.3, -0.25) is 0 Å². The van der Waals surface area contributed by atoms with Gasteiger partial charge < -0.3 is 5.32 Å². The smallest absolute Gasteiger partial charge is 0.00420 e. The van der Waals surface area contributed by atoms with E-state index in [9.17, 15) is 0 Å². The van der Waals surface area contributed by atoms with Crippen LogP contribution in [0.5, 0.6) is 0 Å². The van der Waals surface area contributed by atoms with E-state index < -0.39 is 0 Å². The summed E-state index contributed by atoms with van der Waals surface area (Å²) in [6.07, 6.45) is 5.33. The molecule has 1 fully saturated rings. The number of aryl methyl sites for hydroxylation is 2. The highest BCUT2D eigenvalue weighted by Gasteiger charge is 2.21. The van der Waals surface area contributed by atoms with Crippen molar-refractivity contribution in [3.05, 3.63) is 35.4 Å². The maximum Gasteiger partial charge on any atom is 0.00420 e. The Balaban J connectivity index is 1.69. The first-order valence-corrected chi connectivity index (χ1v) is 6.53. The standard InChI is InChI=1S/C15H23N/c1-12-4-3-5-14(10-12)7-6-13(2)16-11-15-8-9-15/h3-5,10,13,15-16H,6-9,11H2,1-2H3. The molecule has 0 spiro atoms. The van der Waals surface area contributed by atoms with Crippen LogP contribution in [0.25, 0.3) is 0 Å². The maximum atomic E-state index is 3.63. The van der Waals surface area contributed by atoms with Crippen molar-refractivity contribution in [3.63, 3.8) is 0 Å². The fourth-order valence-corrected chi connectivity index (χ4v) is 2.04. The molecule has 0 heterocycles. The van der Waals surface area contributed by atoms with Crippen LogP contribution in [0.15, 0.2) is 24.3 Å². The molecular weight excluding hydrogens is 194 g/mol. The van der Waals surface area contributed by atoms with Crippen molar-refractivity contribution in [1.29, 1.82) is 0 Å². The van der Waals surface area contributed by atoms with E-state index in [1.54, 1.807) is 0 Å².